The second kappa shape index (κ2) is 5.57. The maximum Gasteiger partial charge on any atom is 0.255 e. The highest BCUT2D eigenvalue weighted by Crippen LogP contribution is 2.24. The van der Waals surface area contributed by atoms with Gasteiger partial charge in [0.1, 0.15) is 0 Å². The van der Waals surface area contributed by atoms with Gasteiger partial charge in [-0.15, -0.1) is 0 Å². The summed E-state index contributed by atoms with van der Waals surface area (Å²) in [6.45, 7) is 0. The first-order valence-electron chi connectivity index (χ1n) is 5.34. The largest absolute Gasteiger partial charge is 0.320 e. The summed E-state index contributed by atoms with van der Waals surface area (Å²) in [7, 11) is 0. The van der Waals surface area contributed by atoms with E-state index >= 15 is 0 Å². The van der Waals surface area contributed by atoms with E-state index in [0.717, 1.165) is 0 Å². The summed E-state index contributed by atoms with van der Waals surface area (Å²) < 4.78 is 0. The van der Waals surface area contributed by atoms with Crippen LogP contribution < -0.4 is 5.32 Å². The molecule has 1 N–H and O–H groups in total. The number of carbonyl (C=O) groups is 1. The third-order valence-corrected chi connectivity index (χ3v) is 2.35. The SMILES string of the molecule is O=C=Nc1ccccc1NC(=O)c1ccccc1. The van der Waals surface area contributed by atoms with Crippen molar-refractivity contribution < 1.29 is 9.59 Å². The van der Waals surface area contributed by atoms with Crippen LogP contribution in [0.15, 0.2) is 59.6 Å². The first-order chi connectivity index (χ1) is 8.81. The number of amides is 1. The first kappa shape index (κ1) is 11.8. The van der Waals surface area contributed by atoms with Crippen LogP contribution >= 0.6 is 0 Å². The van der Waals surface area contributed by atoms with Crippen molar-refractivity contribution in [2.45, 2.75) is 0 Å². The van der Waals surface area contributed by atoms with Gasteiger partial charge in [0.25, 0.3) is 5.91 Å². The first-order valence-corrected chi connectivity index (χ1v) is 5.34. The number of carbonyl (C=O) groups excluding carboxylic acids is 2. The Bertz CT molecular complexity index is 602. The number of anilines is 1. The van der Waals surface area contributed by atoms with Crippen molar-refractivity contribution in [3.8, 4) is 0 Å². The minimum atomic E-state index is -0.246. The van der Waals surface area contributed by atoms with Crippen molar-refractivity contribution in [2.24, 2.45) is 4.99 Å². The second-order valence-electron chi connectivity index (χ2n) is 3.54. The monoisotopic (exact) mass is 238 g/mol. The minimum Gasteiger partial charge on any atom is -0.320 e. The molecular weight excluding hydrogens is 228 g/mol. The van der Waals surface area contributed by atoms with Crippen molar-refractivity contribution >= 4 is 23.4 Å². The molecule has 2 aromatic carbocycles. The lowest BCUT2D eigenvalue weighted by molar-refractivity contribution is 0.102. The van der Waals surface area contributed by atoms with Gasteiger partial charge in [0.2, 0.25) is 6.08 Å². The van der Waals surface area contributed by atoms with E-state index in [1.807, 2.05) is 6.07 Å². The molecule has 2 aromatic rings. The van der Waals surface area contributed by atoms with Crippen molar-refractivity contribution in [3.05, 3.63) is 60.2 Å². The molecule has 0 saturated heterocycles. The molecule has 0 aliphatic heterocycles. The van der Waals surface area contributed by atoms with Crippen molar-refractivity contribution in [2.75, 3.05) is 5.32 Å². The van der Waals surface area contributed by atoms with E-state index in [-0.39, 0.29) is 5.91 Å². The van der Waals surface area contributed by atoms with Crippen LogP contribution in [0.25, 0.3) is 0 Å². The third kappa shape index (κ3) is 2.70. The minimum absolute atomic E-state index is 0.246. The fraction of sp³-hybridized carbons (Fsp3) is 0. The molecule has 0 fully saturated rings. The van der Waals surface area contributed by atoms with E-state index in [9.17, 15) is 9.59 Å². The highest BCUT2D eigenvalue weighted by Gasteiger charge is 2.07. The van der Waals surface area contributed by atoms with E-state index in [1.54, 1.807) is 48.5 Å². The Morgan fingerprint density at radius 1 is 1.00 bits per heavy atom. The Hall–Kier alpha value is -2.71. The van der Waals surface area contributed by atoms with Gasteiger partial charge in [-0.05, 0) is 24.3 Å². The average Bonchev–Trinajstić information content (AvgIpc) is 2.42. The van der Waals surface area contributed by atoms with Gasteiger partial charge < -0.3 is 5.32 Å². The number of para-hydroxylation sites is 2. The van der Waals surface area contributed by atoms with Crippen LogP contribution in [0.2, 0.25) is 0 Å². The fourth-order valence-electron chi connectivity index (χ4n) is 1.51. The molecule has 0 aliphatic rings. The van der Waals surface area contributed by atoms with Gasteiger partial charge in [-0.3, -0.25) is 4.79 Å². The molecule has 2 rings (SSSR count). The number of aliphatic imine (C=N–C) groups is 1. The summed E-state index contributed by atoms with van der Waals surface area (Å²) >= 11 is 0. The smallest absolute Gasteiger partial charge is 0.255 e. The predicted octanol–water partition coefficient (Wildman–Crippen LogP) is 2.91. The molecule has 0 unspecified atom stereocenters. The molecule has 0 saturated carbocycles. The van der Waals surface area contributed by atoms with E-state index in [1.165, 1.54) is 6.08 Å². The topological polar surface area (TPSA) is 58.5 Å². The maximum absolute atomic E-state index is 11.9. The van der Waals surface area contributed by atoms with E-state index in [4.69, 9.17) is 0 Å². The van der Waals surface area contributed by atoms with Crippen molar-refractivity contribution in [1.29, 1.82) is 0 Å². The lowest BCUT2D eigenvalue weighted by atomic mass is 10.2. The van der Waals surface area contributed by atoms with Crippen LogP contribution in [0.1, 0.15) is 10.4 Å². The zero-order valence-electron chi connectivity index (χ0n) is 9.46. The van der Waals surface area contributed by atoms with E-state index < -0.39 is 0 Å². The number of hydrogen-bond acceptors (Lipinski definition) is 3. The standard InChI is InChI=1S/C14H10N2O2/c17-10-15-12-8-4-5-9-13(12)16-14(18)11-6-2-1-3-7-11/h1-9H,(H,16,18). The van der Waals surface area contributed by atoms with Gasteiger partial charge in [-0.2, -0.15) is 4.99 Å². The maximum atomic E-state index is 11.9. The molecule has 88 valence electrons. The van der Waals surface area contributed by atoms with E-state index in [2.05, 4.69) is 10.3 Å². The summed E-state index contributed by atoms with van der Waals surface area (Å²) in [5, 5.41) is 2.70. The molecule has 0 aromatic heterocycles. The predicted molar refractivity (Wildman–Crippen MR) is 68.6 cm³/mol. The van der Waals surface area contributed by atoms with Crippen LogP contribution in [0, 0.1) is 0 Å². The van der Waals surface area contributed by atoms with Gasteiger partial charge in [0.05, 0.1) is 11.4 Å². The number of nitrogens with one attached hydrogen (secondary N) is 1. The summed E-state index contributed by atoms with van der Waals surface area (Å²) in [5.41, 5.74) is 1.41. The molecule has 0 bridgehead atoms. The van der Waals surface area contributed by atoms with Crippen LogP contribution in [0.5, 0.6) is 0 Å². The molecule has 4 nitrogen and oxygen atoms in total. The number of rotatable bonds is 3. The molecule has 4 heteroatoms. The average molecular weight is 238 g/mol. The highest BCUT2D eigenvalue weighted by molar-refractivity contribution is 6.05. The Balaban J connectivity index is 2.25. The van der Waals surface area contributed by atoms with Crippen molar-refractivity contribution in [3.63, 3.8) is 0 Å². The van der Waals surface area contributed by atoms with E-state index in [0.29, 0.717) is 16.9 Å². The Labute approximate surface area is 104 Å². The summed E-state index contributed by atoms with van der Waals surface area (Å²) in [4.78, 5) is 25.7. The second-order valence-corrected chi connectivity index (χ2v) is 3.54. The Morgan fingerprint density at radius 2 is 1.67 bits per heavy atom. The normalized spacial score (nSPS) is 9.33. The van der Waals surface area contributed by atoms with Gasteiger partial charge >= 0.3 is 0 Å². The lowest BCUT2D eigenvalue weighted by Crippen LogP contribution is -2.11. The number of nitrogens with zero attached hydrogens (tertiary/aromatic N) is 1. The Morgan fingerprint density at radius 3 is 2.39 bits per heavy atom. The van der Waals surface area contributed by atoms with Gasteiger partial charge in [0.15, 0.2) is 0 Å². The fourth-order valence-corrected chi connectivity index (χ4v) is 1.51. The zero-order valence-corrected chi connectivity index (χ0v) is 9.46. The summed E-state index contributed by atoms with van der Waals surface area (Å²) in [6.07, 6.45) is 1.46. The number of hydrogen-bond donors (Lipinski definition) is 1. The lowest BCUT2D eigenvalue weighted by Gasteiger charge is -2.06. The van der Waals surface area contributed by atoms with Crippen LogP contribution in [-0.4, -0.2) is 12.0 Å². The molecule has 0 aliphatic carbocycles. The molecular formula is C14H10N2O2. The molecule has 0 atom stereocenters. The van der Waals surface area contributed by atoms with Crippen molar-refractivity contribution in [1.82, 2.24) is 0 Å². The quantitative estimate of drug-likeness (QED) is 0.660. The van der Waals surface area contributed by atoms with Crippen LogP contribution in [0.4, 0.5) is 11.4 Å². The molecule has 1 amide bonds. The summed E-state index contributed by atoms with van der Waals surface area (Å²) in [6, 6.07) is 15.6. The molecule has 0 heterocycles. The zero-order chi connectivity index (χ0) is 12.8. The molecule has 0 spiro atoms. The summed E-state index contributed by atoms with van der Waals surface area (Å²) in [5.74, 6) is -0.246. The highest BCUT2D eigenvalue weighted by atomic mass is 16.1. The Kier molecular flexibility index (Phi) is 3.64. The van der Waals surface area contributed by atoms with Gasteiger partial charge in [-0.1, -0.05) is 30.3 Å². The third-order valence-electron chi connectivity index (χ3n) is 2.35. The van der Waals surface area contributed by atoms with Gasteiger partial charge in [-0.25, -0.2) is 4.79 Å². The number of benzene rings is 2. The van der Waals surface area contributed by atoms with Crippen LogP contribution in [-0.2, 0) is 4.79 Å². The number of isocyanates is 1. The van der Waals surface area contributed by atoms with Gasteiger partial charge in [0, 0.05) is 5.56 Å². The van der Waals surface area contributed by atoms with Crippen LogP contribution in [0.3, 0.4) is 0 Å². The molecule has 0 radical (unpaired) electrons. The molecule has 18 heavy (non-hydrogen) atoms.